The minimum Gasteiger partial charge on any atom is -0.431 e. The summed E-state index contributed by atoms with van der Waals surface area (Å²) >= 11 is 5.46. The summed E-state index contributed by atoms with van der Waals surface area (Å²) in [7, 11) is 0. The molecule has 0 saturated carbocycles. The standard InChI is InChI=1S/C9H7ClF2O/c10-8-5-6-3-1-2-4-7(6)13-9(8,11)12/h1-4,8H,5H2. The molecule has 0 fully saturated rings. The van der Waals surface area contributed by atoms with E-state index in [1.54, 1.807) is 18.2 Å². The summed E-state index contributed by atoms with van der Waals surface area (Å²) in [5, 5.41) is -1.28. The minimum absolute atomic E-state index is 0.144. The number of hydrogen-bond donors (Lipinski definition) is 0. The first kappa shape index (κ1) is 8.75. The largest absolute Gasteiger partial charge is 0.431 e. The fraction of sp³-hybridized carbons (Fsp3) is 0.333. The Kier molecular flexibility index (Phi) is 1.91. The van der Waals surface area contributed by atoms with Crippen molar-refractivity contribution in [3.8, 4) is 5.75 Å². The molecule has 1 nitrogen and oxygen atoms in total. The normalized spacial score (nSPS) is 24.7. The highest BCUT2D eigenvalue weighted by molar-refractivity contribution is 6.21. The zero-order chi connectivity index (χ0) is 9.47. The van der Waals surface area contributed by atoms with Crippen LogP contribution in [0, 0.1) is 0 Å². The van der Waals surface area contributed by atoms with Gasteiger partial charge in [-0.1, -0.05) is 18.2 Å². The van der Waals surface area contributed by atoms with E-state index in [-0.39, 0.29) is 12.2 Å². The van der Waals surface area contributed by atoms with E-state index in [2.05, 4.69) is 4.74 Å². The van der Waals surface area contributed by atoms with E-state index in [4.69, 9.17) is 11.6 Å². The Morgan fingerprint density at radius 3 is 2.85 bits per heavy atom. The average Bonchev–Trinajstić information content (AvgIpc) is 2.06. The van der Waals surface area contributed by atoms with E-state index >= 15 is 0 Å². The molecule has 0 N–H and O–H groups in total. The van der Waals surface area contributed by atoms with Crippen LogP contribution in [0.2, 0.25) is 0 Å². The topological polar surface area (TPSA) is 9.23 Å². The number of ether oxygens (including phenoxy) is 1. The summed E-state index contributed by atoms with van der Waals surface area (Å²) < 4.78 is 30.3. The van der Waals surface area contributed by atoms with Gasteiger partial charge >= 0.3 is 6.11 Å². The number of benzene rings is 1. The maximum Gasteiger partial charge on any atom is 0.414 e. The van der Waals surface area contributed by atoms with Crippen LogP contribution in [0.15, 0.2) is 24.3 Å². The van der Waals surface area contributed by atoms with Gasteiger partial charge < -0.3 is 4.74 Å². The monoisotopic (exact) mass is 204 g/mol. The molecular weight excluding hydrogens is 198 g/mol. The van der Waals surface area contributed by atoms with Gasteiger partial charge in [0.15, 0.2) is 0 Å². The zero-order valence-corrected chi connectivity index (χ0v) is 7.39. The summed E-state index contributed by atoms with van der Waals surface area (Å²) in [5.41, 5.74) is 0.730. The molecule has 1 aromatic carbocycles. The predicted molar refractivity (Wildman–Crippen MR) is 45.4 cm³/mol. The lowest BCUT2D eigenvalue weighted by Crippen LogP contribution is -2.40. The second kappa shape index (κ2) is 2.84. The molecule has 70 valence electrons. The van der Waals surface area contributed by atoms with E-state index in [9.17, 15) is 8.78 Å². The number of rotatable bonds is 0. The Labute approximate surface area is 79.3 Å². The van der Waals surface area contributed by atoms with Gasteiger partial charge in [-0.15, -0.1) is 11.6 Å². The third-order valence-electron chi connectivity index (χ3n) is 1.98. The Hall–Kier alpha value is -0.830. The summed E-state index contributed by atoms with van der Waals surface area (Å²) in [6.07, 6.45) is -3.11. The second-order valence-corrected chi connectivity index (χ2v) is 3.47. The van der Waals surface area contributed by atoms with Gasteiger partial charge in [-0.05, 0) is 11.6 Å². The van der Waals surface area contributed by atoms with E-state index in [0.717, 1.165) is 5.56 Å². The summed E-state index contributed by atoms with van der Waals surface area (Å²) in [6.45, 7) is 0. The van der Waals surface area contributed by atoms with Crippen LogP contribution < -0.4 is 4.74 Å². The molecule has 0 amide bonds. The number of alkyl halides is 3. The van der Waals surface area contributed by atoms with Crippen molar-refractivity contribution in [1.29, 1.82) is 0 Å². The molecule has 0 spiro atoms. The first-order chi connectivity index (χ1) is 6.09. The summed E-state index contributed by atoms with van der Waals surface area (Å²) in [6, 6.07) is 6.69. The SMILES string of the molecule is FC1(F)Oc2ccccc2CC1Cl. The molecule has 1 aliphatic rings. The molecule has 0 aromatic heterocycles. The van der Waals surface area contributed by atoms with Crippen molar-refractivity contribution < 1.29 is 13.5 Å². The molecule has 1 aliphatic heterocycles. The van der Waals surface area contributed by atoms with E-state index in [1.807, 2.05) is 0 Å². The molecule has 1 atom stereocenters. The third-order valence-corrected chi connectivity index (χ3v) is 2.39. The molecule has 4 heteroatoms. The van der Waals surface area contributed by atoms with Crippen LogP contribution in [-0.2, 0) is 6.42 Å². The van der Waals surface area contributed by atoms with E-state index < -0.39 is 11.5 Å². The number of hydrogen-bond acceptors (Lipinski definition) is 1. The molecule has 13 heavy (non-hydrogen) atoms. The fourth-order valence-electron chi connectivity index (χ4n) is 1.29. The van der Waals surface area contributed by atoms with Crippen molar-refractivity contribution >= 4 is 11.6 Å². The number of para-hydroxylation sites is 1. The summed E-state index contributed by atoms with van der Waals surface area (Å²) in [5.74, 6) is 0.226. The zero-order valence-electron chi connectivity index (χ0n) is 6.64. The lowest BCUT2D eigenvalue weighted by molar-refractivity contribution is -0.183. The fourth-order valence-corrected chi connectivity index (χ4v) is 1.51. The van der Waals surface area contributed by atoms with Gasteiger partial charge in [0.25, 0.3) is 0 Å². The van der Waals surface area contributed by atoms with Gasteiger partial charge in [0.05, 0.1) is 0 Å². The first-order valence-electron chi connectivity index (χ1n) is 3.88. The third kappa shape index (κ3) is 1.48. The number of fused-ring (bicyclic) bond motifs is 1. The van der Waals surface area contributed by atoms with Crippen molar-refractivity contribution in [2.45, 2.75) is 17.9 Å². The minimum atomic E-state index is -3.25. The van der Waals surface area contributed by atoms with Crippen LogP contribution in [0.3, 0.4) is 0 Å². The molecule has 1 unspecified atom stereocenters. The van der Waals surface area contributed by atoms with Crippen LogP contribution in [0.5, 0.6) is 5.75 Å². The van der Waals surface area contributed by atoms with Crippen molar-refractivity contribution in [3.63, 3.8) is 0 Å². The highest BCUT2D eigenvalue weighted by Gasteiger charge is 2.45. The molecule has 0 saturated heterocycles. The lowest BCUT2D eigenvalue weighted by atomic mass is 10.1. The van der Waals surface area contributed by atoms with Gasteiger partial charge in [0.1, 0.15) is 11.1 Å². The molecule has 2 rings (SSSR count). The van der Waals surface area contributed by atoms with Gasteiger partial charge in [-0.2, -0.15) is 8.78 Å². The smallest absolute Gasteiger partial charge is 0.414 e. The Balaban J connectivity index is 2.39. The van der Waals surface area contributed by atoms with E-state index in [1.165, 1.54) is 6.07 Å². The van der Waals surface area contributed by atoms with Gasteiger partial charge in [-0.25, -0.2) is 0 Å². The first-order valence-corrected chi connectivity index (χ1v) is 4.32. The maximum atomic E-state index is 12.9. The van der Waals surface area contributed by atoms with Crippen molar-refractivity contribution in [1.82, 2.24) is 0 Å². The van der Waals surface area contributed by atoms with Crippen LogP contribution in [-0.4, -0.2) is 11.5 Å². The summed E-state index contributed by atoms with van der Waals surface area (Å²) in [4.78, 5) is 0. The lowest BCUT2D eigenvalue weighted by Gasteiger charge is -2.28. The molecular formula is C9H7ClF2O. The van der Waals surface area contributed by atoms with Crippen molar-refractivity contribution in [2.24, 2.45) is 0 Å². The van der Waals surface area contributed by atoms with Crippen LogP contribution in [0.25, 0.3) is 0 Å². The molecule has 1 heterocycles. The van der Waals surface area contributed by atoms with E-state index in [0.29, 0.717) is 0 Å². The maximum absolute atomic E-state index is 12.9. The Bertz CT molecular complexity index is 327. The van der Waals surface area contributed by atoms with Gasteiger partial charge in [-0.3, -0.25) is 0 Å². The Morgan fingerprint density at radius 1 is 1.38 bits per heavy atom. The molecule has 0 radical (unpaired) electrons. The quantitative estimate of drug-likeness (QED) is 0.591. The predicted octanol–water partition coefficient (Wildman–Crippen LogP) is 2.82. The molecule has 0 bridgehead atoms. The highest BCUT2D eigenvalue weighted by Crippen LogP contribution is 2.37. The average molecular weight is 205 g/mol. The number of halogens is 3. The highest BCUT2D eigenvalue weighted by atomic mass is 35.5. The van der Waals surface area contributed by atoms with Gasteiger partial charge in [0.2, 0.25) is 0 Å². The van der Waals surface area contributed by atoms with Crippen LogP contribution >= 0.6 is 11.6 Å². The molecule has 1 aromatic rings. The van der Waals surface area contributed by atoms with Crippen LogP contribution in [0.1, 0.15) is 5.56 Å². The van der Waals surface area contributed by atoms with Gasteiger partial charge in [0, 0.05) is 6.42 Å². The van der Waals surface area contributed by atoms with Crippen molar-refractivity contribution in [3.05, 3.63) is 29.8 Å². The van der Waals surface area contributed by atoms with Crippen molar-refractivity contribution in [2.75, 3.05) is 0 Å². The molecule has 0 aliphatic carbocycles. The van der Waals surface area contributed by atoms with Crippen LogP contribution in [0.4, 0.5) is 8.78 Å². The second-order valence-electron chi connectivity index (χ2n) is 2.94. The Morgan fingerprint density at radius 2 is 2.08 bits per heavy atom.